The standard InChI is InChI=1S/C21H20O5/c1-11-7-15(19(25)9-17(11)23)21(13-3-5-14(22)6-4-13)16-8-12(2)18(24)10-20(16)26/h3-10,21-26H,1-2H3. The minimum atomic E-state index is -0.561. The Labute approximate surface area is 151 Å². The summed E-state index contributed by atoms with van der Waals surface area (Å²) in [7, 11) is 0. The van der Waals surface area contributed by atoms with Gasteiger partial charge in [-0.2, -0.15) is 0 Å². The van der Waals surface area contributed by atoms with Crippen molar-refractivity contribution >= 4 is 0 Å². The molecule has 0 heterocycles. The predicted octanol–water partition coefficient (Wildman–Crippen LogP) is 4.01. The smallest absolute Gasteiger partial charge is 0.123 e. The molecule has 0 aromatic heterocycles. The normalized spacial score (nSPS) is 11.0. The molecule has 3 aromatic rings. The maximum absolute atomic E-state index is 10.4. The summed E-state index contributed by atoms with van der Waals surface area (Å²) in [4.78, 5) is 0. The lowest BCUT2D eigenvalue weighted by Crippen LogP contribution is -2.05. The molecule has 0 unspecified atom stereocenters. The van der Waals surface area contributed by atoms with Crippen LogP contribution < -0.4 is 0 Å². The fourth-order valence-corrected chi connectivity index (χ4v) is 3.07. The second kappa shape index (κ2) is 6.52. The van der Waals surface area contributed by atoms with Gasteiger partial charge < -0.3 is 25.5 Å². The average Bonchev–Trinajstić information content (AvgIpc) is 2.58. The molecule has 134 valence electrons. The van der Waals surface area contributed by atoms with Gasteiger partial charge >= 0.3 is 0 Å². The molecule has 0 bridgehead atoms. The van der Waals surface area contributed by atoms with Crippen molar-refractivity contribution < 1.29 is 25.5 Å². The summed E-state index contributed by atoms with van der Waals surface area (Å²) in [5, 5.41) is 50.1. The quantitative estimate of drug-likeness (QED) is 0.459. The second-order valence-electron chi connectivity index (χ2n) is 6.42. The van der Waals surface area contributed by atoms with Crippen LogP contribution in [0.25, 0.3) is 0 Å². The van der Waals surface area contributed by atoms with Crippen LogP contribution in [-0.2, 0) is 0 Å². The molecule has 3 aromatic carbocycles. The summed E-state index contributed by atoms with van der Waals surface area (Å²) in [5.41, 5.74) is 2.87. The van der Waals surface area contributed by atoms with Crippen molar-refractivity contribution in [1.29, 1.82) is 0 Å². The van der Waals surface area contributed by atoms with Gasteiger partial charge in [-0.3, -0.25) is 0 Å². The zero-order valence-corrected chi connectivity index (χ0v) is 14.4. The maximum Gasteiger partial charge on any atom is 0.123 e. The van der Waals surface area contributed by atoms with Crippen LogP contribution in [0.3, 0.4) is 0 Å². The van der Waals surface area contributed by atoms with E-state index in [-0.39, 0.29) is 28.7 Å². The van der Waals surface area contributed by atoms with Gasteiger partial charge in [0.05, 0.1) is 0 Å². The van der Waals surface area contributed by atoms with E-state index in [4.69, 9.17) is 0 Å². The molecule has 5 heteroatoms. The molecule has 0 radical (unpaired) electrons. The highest BCUT2D eigenvalue weighted by molar-refractivity contribution is 5.58. The number of phenolic OH excluding ortho intramolecular Hbond substituents is 5. The largest absolute Gasteiger partial charge is 0.508 e. The van der Waals surface area contributed by atoms with E-state index < -0.39 is 5.92 Å². The van der Waals surface area contributed by atoms with Crippen LogP contribution in [0.2, 0.25) is 0 Å². The van der Waals surface area contributed by atoms with Crippen molar-refractivity contribution in [2.24, 2.45) is 0 Å². The highest BCUT2D eigenvalue weighted by atomic mass is 16.3. The lowest BCUT2D eigenvalue weighted by molar-refractivity contribution is 0.437. The van der Waals surface area contributed by atoms with Gasteiger partial charge in [0.25, 0.3) is 0 Å². The van der Waals surface area contributed by atoms with Crippen molar-refractivity contribution in [3.8, 4) is 28.7 Å². The Balaban J connectivity index is 2.29. The van der Waals surface area contributed by atoms with Crippen molar-refractivity contribution in [3.63, 3.8) is 0 Å². The lowest BCUT2D eigenvalue weighted by atomic mass is 9.82. The van der Waals surface area contributed by atoms with Crippen LogP contribution in [0, 0.1) is 13.8 Å². The molecule has 0 atom stereocenters. The van der Waals surface area contributed by atoms with Crippen LogP contribution in [-0.4, -0.2) is 25.5 Å². The van der Waals surface area contributed by atoms with E-state index in [2.05, 4.69) is 0 Å². The number of aromatic hydroxyl groups is 5. The predicted molar refractivity (Wildman–Crippen MR) is 98.1 cm³/mol. The van der Waals surface area contributed by atoms with Gasteiger partial charge in [0.15, 0.2) is 0 Å². The summed E-state index contributed by atoms with van der Waals surface area (Å²) in [6.45, 7) is 3.43. The molecule has 0 fully saturated rings. The van der Waals surface area contributed by atoms with Gasteiger partial charge in [0, 0.05) is 29.2 Å². The SMILES string of the molecule is Cc1cc(C(c2ccc(O)cc2)c2cc(C)c(O)cc2O)c(O)cc1O. The topological polar surface area (TPSA) is 101 Å². The van der Waals surface area contributed by atoms with Crippen LogP contribution in [0.5, 0.6) is 28.7 Å². The van der Waals surface area contributed by atoms with Gasteiger partial charge in [-0.25, -0.2) is 0 Å². The van der Waals surface area contributed by atoms with Crippen LogP contribution >= 0.6 is 0 Å². The summed E-state index contributed by atoms with van der Waals surface area (Å²) in [5.74, 6) is -0.741. The molecule has 26 heavy (non-hydrogen) atoms. The number of aryl methyl sites for hydroxylation is 2. The van der Waals surface area contributed by atoms with Crippen LogP contribution in [0.4, 0.5) is 0 Å². The van der Waals surface area contributed by atoms with Crippen molar-refractivity contribution in [1.82, 2.24) is 0 Å². The fraction of sp³-hybridized carbons (Fsp3) is 0.143. The third-order valence-electron chi connectivity index (χ3n) is 4.54. The summed E-state index contributed by atoms with van der Waals surface area (Å²) in [6.07, 6.45) is 0. The van der Waals surface area contributed by atoms with E-state index in [1.165, 1.54) is 24.3 Å². The molecule has 0 saturated heterocycles. The van der Waals surface area contributed by atoms with E-state index in [0.29, 0.717) is 22.3 Å². The van der Waals surface area contributed by atoms with Gasteiger partial charge in [-0.05, 0) is 54.8 Å². The van der Waals surface area contributed by atoms with E-state index in [1.54, 1.807) is 38.1 Å². The zero-order valence-electron chi connectivity index (χ0n) is 14.4. The molecular formula is C21H20O5. The van der Waals surface area contributed by atoms with Crippen molar-refractivity contribution in [2.45, 2.75) is 19.8 Å². The van der Waals surface area contributed by atoms with Gasteiger partial charge in [0.1, 0.15) is 28.7 Å². The zero-order chi connectivity index (χ0) is 19.0. The number of rotatable bonds is 3. The number of benzene rings is 3. The molecule has 0 aliphatic heterocycles. The first-order chi connectivity index (χ1) is 12.3. The Hall–Kier alpha value is -3.34. The Morgan fingerprint density at radius 2 is 1.00 bits per heavy atom. The molecule has 5 N–H and O–H groups in total. The number of phenols is 5. The first-order valence-electron chi connectivity index (χ1n) is 8.11. The molecule has 3 rings (SSSR count). The monoisotopic (exact) mass is 352 g/mol. The van der Waals surface area contributed by atoms with E-state index in [9.17, 15) is 25.5 Å². The van der Waals surface area contributed by atoms with E-state index >= 15 is 0 Å². The van der Waals surface area contributed by atoms with Gasteiger partial charge in [-0.15, -0.1) is 0 Å². The summed E-state index contributed by atoms with van der Waals surface area (Å²) in [6, 6.07) is 12.3. The fourth-order valence-electron chi connectivity index (χ4n) is 3.07. The minimum Gasteiger partial charge on any atom is -0.508 e. The third-order valence-corrected chi connectivity index (χ3v) is 4.54. The Morgan fingerprint density at radius 3 is 1.42 bits per heavy atom. The van der Waals surface area contributed by atoms with Gasteiger partial charge in [-0.1, -0.05) is 12.1 Å². The molecule has 5 nitrogen and oxygen atoms in total. The lowest BCUT2D eigenvalue weighted by Gasteiger charge is -2.22. The average molecular weight is 352 g/mol. The molecule has 0 aliphatic carbocycles. The maximum atomic E-state index is 10.4. The number of hydrogen-bond donors (Lipinski definition) is 5. The van der Waals surface area contributed by atoms with Crippen molar-refractivity contribution in [2.75, 3.05) is 0 Å². The first kappa shape index (κ1) is 17.5. The van der Waals surface area contributed by atoms with E-state index in [0.717, 1.165) is 5.56 Å². The summed E-state index contributed by atoms with van der Waals surface area (Å²) >= 11 is 0. The minimum absolute atomic E-state index is 0.0261. The molecule has 0 spiro atoms. The third kappa shape index (κ3) is 3.11. The molecule has 0 amide bonds. The Bertz CT molecular complexity index is 904. The molecule has 0 saturated carbocycles. The highest BCUT2D eigenvalue weighted by Crippen LogP contribution is 2.44. The van der Waals surface area contributed by atoms with Crippen LogP contribution in [0.1, 0.15) is 33.7 Å². The Morgan fingerprint density at radius 1 is 0.577 bits per heavy atom. The van der Waals surface area contributed by atoms with Crippen LogP contribution in [0.15, 0.2) is 48.5 Å². The summed E-state index contributed by atoms with van der Waals surface area (Å²) < 4.78 is 0. The van der Waals surface area contributed by atoms with Gasteiger partial charge in [0.2, 0.25) is 0 Å². The Kier molecular flexibility index (Phi) is 4.38. The van der Waals surface area contributed by atoms with E-state index in [1.807, 2.05) is 0 Å². The molecular weight excluding hydrogens is 332 g/mol. The second-order valence-corrected chi connectivity index (χ2v) is 6.42. The highest BCUT2D eigenvalue weighted by Gasteiger charge is 2.25. The number of hydrogen-bond acceptors (Lipinski definition) is 5. The first-order valence-corrected chi connectivity index (χ1v) is 8.11. The molecule has 0 aliphatic rings. The van der Waals surface area contributed by atoms with Crippen molar-refractivity contribution in [3.05, 3.63) is 76.3 Å².